The molecule has 10 nitrogen and oxygen atoms in total. The molecular weight excluding hydrogens is 660 g/mol. The van der Waals surface area contributed by atoms with Crippen molar-refractivity contribution in [2.75, 3.05) is 0 Å². The lowest BCUT2D eigenvalue weighted by atomic mass is 9.83. The molecule has 0 radical (unpaired) electrons. The molecule has 0 amide bonds. The number of hydrogen-bond acceptors (Lipinski definition) is 8. The van der Waals surface area contributed by atoms with Gasteiger partial charge >= 0.3 is 5.69 Å². The fourth-order valence-corrected chi connectivity index (χ4v) is 7.03. The van der Waals surface area contributed by atoms with Gasteiger partial charge in [0.05, 0.1) is 32.2 Å². The van der Waals surface area contributed by atoms with Gasteiger partial charge in [-0.25, -0.2) is 4.99 Å². The predicted octanol–water partition coefficient (Wildman–Crippen LogP) is 6.69. The van der Waals surface area contributed by atoms with Crippen LogP contribution in [0.25, 0.3) is 11.8 Å². The summed E-state index contributed by atoms with van der Waals surface area (Å²) in [5.41, 5.74) is 4.86. The van der Waals surface area contributed by atoms with Crippen LogP contribution in [0.2, 0.25) is 0 Å². The average molecular weight is 682 g/mol. The molecule has 7 rings (SSSR count). The van der Waals surface area contributed by atoms with Gasteiger partial charge in [-0.15, -0.1) is 0 Å². The molecular formula is C33H21BrN4O6S. The molecule has 2 aliphatic rings. The molecule has 45 heavy (non-hydrogen) atoms. The maximum atomic E-state index is 14.1. The molecule has 0 saturated heterocycles. The maximum Gasteiger partial charge on any atom is 0.318 e. The molecule has 4 aromatic carbocycles. The number of fused-ring (bicyclic) bond motifs is 3. The number of non-ortho nitro benzene ring substituents is 1. The number of aryl methyl sites for hydroxylation is 1. The average Bonchev–Trinajstić information content (AvgIpc) is 3.34. The van der Waals surface area contributed by atoms with Crippen LogP contribution < -0.4 is 19.6 Å². The van der Waals surface area contributed by atoms with Crippen molar-refractivity contribution in [3.63, 3.8) is 0 Å². The second-order valence-corrected chi connectivity index (χ2v) is 12.4. The van der Waals surface area contributed by atoms with E-state index in [-0.39, 0.29) is 23.1 Å². The van der Waals surface area contributed by atoms with E-state index in [1.807, 2.05) is 36.4 Å². The highest BCUT2D eigenvalue weighted by molar-refractivity contribution is 9.10. The van der Waals surface area contributed by atoms with Crippen LogP contribution in [0.1, 0.15) is 34.7 Å². The first-order valence-corrected chi connectivity index (χ1v) is 15.5. The lowest BCUT2D eigenvalue weighted by Gasteiger charge is -2.30. The van der Waals surface area contributed by atoms with Crippen LogP contribution in [-0.4, -0.2) is 14.4 Å². The van der Waals surface area contributed by atoms with E-state index in [9.17, 15) is 25.0 Å². The largest absolute Gasteiger partial charge is 0.450 e. The third-order valence-corrected chi connectivity index (χ3v) is 9.30. The molecule has 0 fully saturated rings. The van der Waals surface area contributed by atoms with E-state index < -0.39 is 21.2 Å². The minimum atomic E-state index is -0.729. The van der Waals surface area contributed by atoms with Gasteiger partial charge < -0.3 is 4.74 Å². The number of allylic oxidation sites excluding steroid dienone is 1. The number of halogens is 1. The first-order valence-electron chi connectivity index (χ1n) is 13.9. The third-order valence-electron chi connectivity index (χ3n) is 7.79. The normalized spacial score (nSPS) is 15.5. The molecule has 0 bridgehead atoms. The van der Waals surface area contributed by atoms with Gasteiger partial charge in [0.2, 0.25) is 5.75 Å². The van der Waals surface area contributed by atoms with Crippen LogP contribution in [0.5, 0.6) is 11.5 Å². The van der Waals surface area contributed by atoms with Crippen molar-refractivity contribution < 1.29 is 14.6 Å². The highest BCUT2D eigenvalue weighted by Gasteiger charge is 2.32. The first kappa shape index (κ1) is 28.6. The van der Waals surface area contributed by atoms with E-state index in [4.69, 9.17) is 9.73 Å². The number of thiazole rings is 1. The molecule has 0 saturated carbocycles. The minimum absolute atomic E-state index is 0.137. The predicted molar refractivity (Wildman–Crippen MR) is 173 cm³/mol. The Labute approximate surface area is 267 Å². The fraction of sp³-hybridized carbons (Fsp3) is 0.0909. The molecule has 0 unspecified atom stereocenters. The molecule has 1 aromatic heterocycles. The number of aromatic nitrogens is 1. The molecule has 0 N–H and O–H groups in total. The Balaban J connectivity index is 1.32. The summed E-state index contributed by atoms with van der Waals surface area (Å²) in [5, 5.41) is 22.7. The standard InChI is InChI=1S/C33H21BrN4O6S/c34-22-11-8-21(9-12-22)31-26-14-10-20-5-1-2-7-25(20)30(26)35-33-36(31)32(39)29(45-33)17-19-4-3-6-24(16-19)44-28-15-13-23(37(40)41)18-27(28)38(42)43/h1-9,11-13,15-18,31H,10,14H2/b29-17-/t31-/m1/s1. The zero-order valence-electron chi connectivity index (χ0n) is 23.3. The number of rotatable bonds is 6. The van der Waals surface area contributed by atoms with E-state index >= 15 is 0 Å². The van der Waals surface area contributed by atoms with E-state index in [2.05, 4.69) is 28.1 Å². The van der Waals surface area contributed by atoms with Gasteiger partial charge in [0.25, 0.3) is 11.2 Å². The van der Waals surface area contributed by atoms with E-state index in [0.717, 1.165) is 51.8 Å². The first-order chi connectivity index (χ1) is 21.8. The van der Waals surface area contributed by atoms with Crippen LogP contribution >= 0.6 is 27.3 Å². The number of nitrogens with zero attached hydrogens (tertiary/aromatic N) is 4. The number of hydrogen-bond donors (Lipinski definition) is 0. The number of ether oxygens (including phenoxy) is 1. The molecule has 222 valence electrons. The summed E-state index contributed by atoms with van der Waals surface area (Å²) < 4.78 is 8.98. The van der Waals surface area contributed by atoms with Gasteiger partial charge in [-0.1, -0.05) is 75.8 Å². The quantitative estimate of drug-likeness (QED) is 0.145. The Hall–Kier alpha value is -5.20. The summed E-state index contributed by atoms with van der Waals surface area (Å²) >= 11 is 4.82. The van der Waals surface area contributed by atoms with E-state index in [1.165, 1.54) is 23.0 Å². The summed E-state index contributed by atoms with van der Waals surface area (Å²) in [7, 11) is 0. The van der Waals surface area contributed by atoms with Gasteiger partial charge in [-0.05, 0) is 71.5 Å². The zero-order valence-corrected chi connectivity index (χ0v) is 25.7. The summed E-state index contributed by atoms with van der Waals surface area (Å²) in [4.78, 5) is 41.0. The summed E-state index contributed by atoms with van der Waals surface area (Å²) in [5.74, 6) is 0.135. The van der Waals surface area contributed by atoms with Crippen molar-refractivity contribution in [1.82, 2.24) is 4.57 Å². The Kier molecular flexibility index (Phi) is 7.22. The Morgan fingerprint density at radius 3 is 2.51 bits per heavy atom. The van der Waals surface area contributed by atoms with Crippen molar-refractivity contribution in [3.8, 4) is 11.5 Å². The van der Waals surface area contributed by atoms with E-state index in [0.29, 0.717) is 14.9 Å². The third kappa shape index (κ3) is 5.28. The second-order valence-electron chi connectivity index (χ2n) is 10.5. The van der Waals surface area contributed by atoms with Crippen molar-refractivity contribution >= 4 is 50.4 Å². The summed E-state index contributed by atoms with van der Waals surface area (Å²) in [6.07, 6.45) is 3.40. The highest BCUT2D eigenvalue weighted by atomic mass is 79.9. The van der Waals surface area contributed by atoms with Gasteiger partial charge in [0.1, 0.15) is 5.75 Å². The van der Waals surface area contributed by atoms with Crippen LogP contribution in [0.3, 0.4) is 0 Å². The van der Waals surface area contributed by atoms with Crippen molar-refractivity contribution in [2.45, 2.75) is 18.9 Å². The van der Waals surface area contributed by atoms with Crippen LogP contribution in [-0.2, 0) is 6.42 Å². The monoisotopic (exact) mass is 680 g/mol. The lowest BCUT2D eigenvalue weighted by molar-refractivity contribution is -0.394. The van der Waals surface area contributed by atoms with Gasteiger partial charge in [-0.3, -0.25) is 29.6 Å². The van der Waals surface area contributed by atoms with Crippen molar-refractivity contribution in [1.29, 1.82) is 0 Å². The van der Waals surface area contributed by atoms with Crippen molar-refractivity contribution in [3.05, 3.63) is 163 Å². The highest BCUT2D eigenvalue weighted by Crippen LogP contribution is 2.41. The van der Waals surface area contributed by atoms with Crippen LogP contribution in [0.15, 0.2) is 111 Å². The molecule has 2 heterocycles. The smallest absolute Gasteiger partial charge is 0.318 e. The van der Waals surface area contributed by atoms with Crippen molar-refractivity contribution in [2.24, 2.45) is 4.99 Å². The molecule has 0 spiro atoms. The summed E-state index contributed by atoms with van der Waals surface area (Å²) in [6.45, 7) is 0. The zero-order chi connectivity index (χ0) is 31.2. The Morgan fingerprint density at radius 1 is 0.933 bits per heavy atom. The number of nitro benzene ring substituents is 2. The SMILES string of the molecule is O=c1/c(=C/c2cccc(Oc3ccc([N+](=O)[O-])cc3[N+](=O)[O-])c2)sc2n1[C@H](c1ccc(Br)cc1)C1=C(N=2)c2ccccc2CC1. The maximum absolute atomic E-state index is 14.1. The van der Waals surface area contributed by atoms with Crippen LogP contribution in [0.4, 0.5) is 11.4 Å². The van der Waals surface area contributed by atoms with Gasteiger partial charge in [0, 0.05) is 16.1 Å². The molecule has 1 aliphatic heterocycles. The Bertz CT molecular complexity index is 2260. The van der Waals surface area contributed by atoms with Crippen LogP contribution in [0, 0.1) is 20.2 Å². The lowest BCUT2D eigenvalue weighted by Crippen LogP contribution is -2.38. The second kappa shape index (κ2) is 11.4. The van der Waals surface area contributed by atoms with Gasteiger partial charge in [-0.2, -0.15) is 0 Å². The molecule has 1 atom stereocenters. The number of benzene rings is 4. The van der Waals surface area contributed by atoms with Gasteiger partial charge in [0.15, 0.2) is 4.80 Å². The molecule has 12 heteroatoms. The molecule has 1 aliphatic carbocycles. The summed E-state index contributed by atoms with van der Waals surface area (Å²) in [6, 6.07) is 25.9. The molecule has 5 aromatic rings. The Morgan fingerprint density at radius 2 is 1.73 bits per heavy atom. The topological polar surface area (TPSA) is 130 Å². The van der Waals surface area contributed by atoms with E-state index in [1.54, 1.807) is 34.9 Å². The minimum Gasteiger partial charge on any atom is -0.450 e. The fourth-order valence-electron chi connectivity index (χ4n) is 5.76. The number of nitro groups is 2.